The highest BCUT2D eigenvalue weighted by Crippen LogP contribution is 2.31. The smallest absolute Gasteiger partial charge is 0.124 e. The van der Waals surface area contributed by atoms with Crippen molar-refractivity contribution in [3.05, 3.63) is 41.2 Å². The van der Waals surface area contributed by atoms with Crippen LogP contribution in [0.25, 0.3) is 5.57 Å². The lowest BCUT2D eigenvalue weighted by atomic mass is 10.0. The van der Waals surface area contributed by atoms with E-state index in [1.807, 2.05) is 19.1 Å². The highest BCUT2D eigenvalue weighted by atomic mass is 35.5. The van der Waals surface area contributed by atoms with E-state index >= 15 is 0 Å². The average molecular weight is 211 g/mol. The van der Waals surface area contributed by atoms with Crippen molar-refractivity contribution in [2.24, 2.45) is 0 Å². The molecule has 0 aromatic heterocycles. The molecule has 0 fully saturated rings. The van der Waals surface area contributed by atoms with Crippen molar-refractivity contribution < 1.29 is 4.39 Å². The summed E-state index contributed by atoms with van der Waals surface area (Å²) in [5.74, 6) is -0.168. The first kappa shape index (κ1) is 9.72. The SMILES string of the molecule is Cc1cc(F)cc(C2=CC(Cl)CC2)c1. The van der Waals surface area contributed by atoms with Crippen LogP contribution in [0.15, 0.2) is 24.3 Å². The normalized spacial score (nSPS) is 21.1. The third-order valence-electron chi connectivity index (χ3n) is 2.48. The van der Waals surface area contributed by atoms with Gasteiger partial charge in [0.05, 0.1) is 5.38 Å². The topological polar surface area (TPSA) is 0 Å². The maximum absolute atomic E-state index is 13.1. The highest BCUT2D eigenvalue weighted by molar-refractivity contribution is 6.22. The predicted molar refractivity (Wildman–Crippen MR) is 58.0 cm³/mol. The van der Waals surface area contributed by atoms with Gasteiger partial charge in [0.1, 0.15) is 5.82 Å². The van der Waals surface area contributed by atoms with E-state index in [4.69, 9.17) is 11.6 Å². The largest absolute Gasteiger partial charge is 0.207 e. The molecule has 0 N–H and O–H groups in total. The molecule has 0 saturated carbocycles. The van der Waals surface area contributed by atoms with Gasteiger partial charge >= 0.3 is 0 Å². The van der Waals surface area contributed by atoms with Gasteiger partial charge in [-0.05, 0) is 48.6 Å². The van der Waals surface area contributed by atoms with Crippen molar-refractivity contribution in [1.82, 2.24) is 0 Å². The molecule has 1 aliphatic carbocycles. The van der Waals surface area contributed by atoms with Crippen LogP contribution >= 0.6 is 11.6 Å². The van der Waals surface area contributed by atoms with Gasteiger partial charge in [0, 0.05) is 0 Å². The van der Waals surface area contributed by atoms with Gasteiger partial charge in [0.2, 0.25) is 0 Å². The van der Waals surface area contributed by atoms with E-state index in [2.05, 4.69) is 0 Å². The molecule has 0 spiro atoms. The van der Waals surface area contributed by atoms with E-state index in [1.165, 1.54) is 11.6 Å². The zero-order valence-corrected chi connectivity index (χ0v) is 8.81. The molecule has 0 radical (unpaired) electrons. The van der Waals surface area contributed by atoms with Gasteiger partial charge in [-0.1, -0.05) is 12.1 Å². The van der Waals surface area contributed by atoms with Crippen molar-refractivity contribution in [2.45, 2.75) is 25.1 Å². The molecule has 0 bridgehead atoms. The second-order valence-corrected chi connectivity index (χ2v) is 4.32. The summed E-state index contributed by atoms with van der Waals surface area (Å²) in [5, 5.41) is 0.119. The number of halogens is 2. The zero-order chi connectivity index (χ0) is 10.1. The number of alkyl halides is 1. The van der Waals surface area contributed by atoms with Crippen molar-refractivity contribution in [3.8, 4) is 0 Å². The van der Waals surface area contributed by atoms with Crippen LogP contribution in [0.3, 0.4) is 0 Å². The van der Waals surface area contributed by atoms with Crippen LogP contribution in [0.1, 0.15) is 24.0 Å². The fourth-order valence-electron chi connectivity index (χ4n) is 1.84. The summed E-state index contributed by atoms with van der Waals surface area (Å²) in [6, 6.07) is 5.12. The van der Waals surface area contributed by atoms with Crippen LogP contribution in [-0.2, 0) is 0 Å². The van der Waals surface area contributed by atoms with Gasteiger partial charge in [-0.25, -0.2) is 4.39 Å². The molecule has 0 nitrogen and oxygen atoms in total. The Morgan fingerprint density at radius 1 is 1.36 bits per heavy atom. The van der Waals surface area contributed by atoms with E-state index in [0.717, 1.165) is 24.0 Å². The molecule has 0 amide bonds. The molecule has 0 aliphatic heterocycles. The molecule has 1 unspecified atom stereocenters. The molecule has 14 heavy (non-hydrogen) atoms. The Labute approximate surface area is 88.4 Å². The van der Waals surface area contributed by atoms with Crippen LogP contribution in [0, 0.1) is 12.7 Å². The lowest BCUT2D eigenvalue weighted by Gasteiger charge is -2.03. The minimum atomic E-state index is -0.168. The van der Waals surface area contributed by atoms with Crippen molar-refractivity contribution in [2.75, 3.05) is 0 Å². The van der Waals surface area contributed by atoms with Crippen molar-refractivity contribution in [3.63, 3.8) is 0 Å². The number of hydrogen-bond donors (Lipinski definition) is 0. The molecular formula is C12H12ClF. The number of aryl methyl sites for hydroxylation is 1. The summed E-state index contributed by atoms with van der Waals surface area (Å²) in [6.45, 7) is 1.90. The molecular weight excluding hydrogens is 199 g/mol. The average Bonchev–Trinajstić information content (AvgIpc) is 2.50. The lowest BCUT2D eigenvalue weighted by Crippen LogP contribution is -1.85. The molecule has 1 aromatic rings. The van der Waals surface area contributed by atoms with Crippen LogP contribution in [0.4, 0.5) is 4.39 Å². The van der Waals surface area contributed by atoms with Crippen molar-refractivity contribution >= 4 is 17.2 Å². The Morgan fingerprint density at radius 3 is 2.71 bits per heavy atom. The summed E-state index contributed by atoms with van der Waals surface area (Å²) in [5.41, 5.74) is 3.11. The van der Waals surface area contributed by atoms with Gasteiger partial charge in [-0.3, -0.25) is 0 Å². The molecule has 2 rings (SSSR count). The number of rotatable bonds is 1. The summed E-state index contributed by atoms with van der Waals surface area (Å²) >= 11 is 5.97. The minimum absolute atomic E-state index is 0.119. The molecule has 0 saturated heterocycles. The van der Waals surface area contributed by atoms with E-state index in [1.54, 1.807) is 6.07 Å². The Bertz CT molecular complexity index is 362. The predicted octanol–water partition coefficient (Wildman–Crippen LogP) is 3.92. The summed E-state index contributed by atoms with van der Waals surface area (Å²) < 4.78 is 13.1. The Morgan fingerprint density at radius 2 is 2.14 bits per heavy atom. The standard InChI is InChI=1S/C12H12ClF/c1-8-4-10(7-12(14)5-8)9-2-3-11(13)6-9/h4-7,11H,2-3H2,1H3. The van der Waals surface area contributed by atoms with Crippen LogP contribution in [0.5, 0.6) is 0 Å². The number of allylic oxidation sites excluding steroid dienone is 2. The fraction of sp³-hybridized carbons (Fsp3) is 0.333. The third-order valence-corrected chi connectivity index (χ3v) is 2.83. The number of benzene rings is 1. The van der Waals surface area contributed by atoms with Crippen LogP contribution in [0.2, 0.25) is 0 Å². The first-order valence-corrected chi connectivity index (χ1v) is 5.21. The molecule has 74 valence electrons. The van der Waals surface area contributed by atoms with Crippen LogP contribution in [-0.4, -0.2) is 5.38 Å². The maximum atomic E-state index is 13.1. The molecule has 1 aliphatic rings. The van der Waals surface area contributed by atoms with E-state index in [0.29, 0.717) is 0 Å². The quantitative estimate of drug-likeness (QED) is 0.617. The van der Waals surface area contributed by atoms with Gasteiger partial charge in [-0.2, -0.15) is 0 Å². The van der Waals surface area contributed by atoms with Crippen LogP contribution < -0.4 is 0 Å². The van der Waals surface area contributed by atoms with Gasteiger partial charge in [0.25, 0.3) is 0 Å². The first-order chi connectivity index (χ1) is 6.65. The summed E-state index contributed by atoms with van der Waals surface area (Å²) in [6.07, 6.45) is 3.94. The van der Waals surface area contributed by atoms with E-state index in [9.17, 15) is 4.39 Å². The van der Waals surface area contributed by atoms with Gasteiger partial charge < -0.3 is 0 Å². The van der Waals surface area contributed by atoms with Gasteiger partial charge in [-0.15, -0.1) is 11.6 Å². The van der Waals surface area contributed by atoms with Crippen molar-refractivity contribution in [1.29, 1.82) is 0 Å². The van der Waals surface area contributed by atoms with Gasteiger partial charge in [0.15, 0.2) is 0 Å². The molecule has 2 heteroatoms. The maximum Gasteiger partial charge on any atom is 0.124 e. The second kappa shape index (κ2) is 3.74. The summed E-state index contributed by atoms with van der Waals surface area (Å²) in [4.78, 5) is 0. The monoisotopic (exact) mass is 210 g/mol. The first-order valence-electron chi connectivity index (χ1n) is 4.77. The second-order valence-electron chi connectivity index (χ2n) is 3.76. The number of hydrogen-bond acceptors (Lipinski definition) is 0. The van der Waals surface area contributed by atoms with E-state index in [-0.39, 0.29) is 11.2 Å². The Kier molecular flexibility index (Phi) is 2.60. The Balaban J connectivity index is 2.37. The summed E-state index contributed by atoms with van der Waals surface area (Å²) in [7, 11) is 0. The zero-order valence-electron chi connectivity index (χ0n) is 8.06. The minimum Gasteiger partial charge on any atom is -0.207 e. The molecule has 0 heterocycles. The molecule has 1 atom stereocenters. The lowest BCUT2D eigenvalue weighted by molar-refractivity contribution is 0.626. The third kappa shape index (κ3) is 1.98. The highest BCUT2D eigenvalue weighted by Gasteiger charge is 2.14. The fourth-order valence-corrected chi connectivity index (χ4v) is 2.10. The Hall–Kier alpha value is -0.820. The van der Waals surface area contributed by atoms with E-state index < -0.39 is 0 Å². The molecule has 1 aromatic carbocycles.